The fourth-order valence-electron chi connectivity index (χ4n) is 1.28. The van der Waals surface area contributed by atoms with Gasteiger partial charge in [-0.3, -0.25) is 9.59 Å². The number of carbonyl (C=O) groups is 2. The van der Waals surface area contributed by atoms with Crippen LogP contribution in [0.25, 0.3) is 0 Å². The highest BCUT2D eigenvalue weighted by Gasteiger charge is 2.16. The second-order valence-electron chi connectivity index (χ2n) is 5.32. The van der Waals surface area contributed by atoms with Gasteiger partial charge in [0.1, 0.15) is 0 Å². The van der Waals surface area contributed by atoms with Crippen LogP contribution in [-0.2, 0) is 9.59 Å². The molecular formula is C12H25N3O2. The van der Waals surface area contributed by atoms with Crippen molar-refractivity contribution in [2.45, 2.75) is 33.6 Å². The van der Waals surface area contributed by atoms with Crippen LogP contribution in [-0.4, -0.2) is 38.5 Å². The molecule has 0 aromatic heterocycles. The first-order chi connectivity index (χ1) is 7.85. The van der Waals surface area contributed by atoms with Crippen LogP contribution < -0.4 is 16.0 Å². The third-order valence-corrected chi connectivity index (χ3v) is 2.06. The van der Waals surface area contributed by atoms with Crippen molar-refractivity contribution in [2.24, 2.45) is 5.41 Å². The van der Waals surface area contributed by atoms with E-state index in [9.17, 15) is 9.59 Å². The van der Waals surface area contributed by atoms with E-state index in [0.29, 0.717) is 13.0 Å². The van der Waals surface area contributed by atoms with Crippen molar-refractivity contribution < 1.29 is 9.59 Å². The van der Waals surface area contributed by atoms with E-state index in [-0.39, 0.29) is 23.8 Å². The highest BCUT2D eigenvalue weighted by Crippen LogP contribution is 2.17. The summed E-state index contributed by atoms with van der Waals surface area (Å²) in [6, 6.07) is 0. The summed E-state index contributed by atoms with van der Waals surface area (Å²) in [5.41, 5.74) is -0.0483. The molecule has 0 aromatic rings. The first-order valence-electron chi connectivity index (χ1n) is 6.03. The summed E-state index contributed by atoms with van der Waals surface area (Å²) < 4.78 is 0. The predicted octanol–water partition coefficient (Wildman–Crippen LogP) is 0.265. The summed E-state index contributed by atoms with van der Waals surface area (Å²) in [6.45, 7) is 7.54. The van der Waals surface area contributed by atoms with Crippen molar-refractivity contribution >= 4 is 11.8 Å². The Labute approximate surface area is 104 Å². The first-order valence-corrected chi connectivity index (χ1v) is 6.03. The van der Waals surface area contributed by atoms with Crippen molar-refractivity contribution in [3.8, 4) is 0 Å². The van der Waals surface area contributed by atoms with Gasteiger partial charge in [-0.2, -0.15) is 0 Å². The van der Waals surface area contributed by atoms with Gasteiger partial charge in [-0.25, -0.2) is 0 Å². The highest BCUT2D eigenvalue weighted by molar-refractivity contribution is 5.84. The largest absolute Gasteiger partial charge is 0.355 e. The normalized spacial score (nSPS) is 11.1. The zero-order valence-electron chi connectivity index (χ0n) is 11.4. The number of hydrogen-bond acceptors (Lipinski definition) is 3. The molecule has 0 fully saturated rings. The van der Waals surface area contributed by atoms with E-state index in [1.807, 2.05) is 27.8 Å². The standard InChI is InChI=1S/C12H25N3O2/c1-12(2,3)8-10(16)15-9-11(17)14-7-5-6-13-4/h13H,5-9H2,1-4H3,(H,14,17)(H,15,16). The van der Waals surface area contributed by atoms with Crippen molar-refractivity contribution in [3.63, 3.8) is 0 Å². The molecule has 0 saturated carbocycles. The smallest absolute Gasteiger partial charge is 0.239 e. The molecule has 0 rings (SSSR count). The molecule has 5 nitrogen and oxygen atoms in total. The Kier molecular flexibility index (Phi) is 7.54. The zero-order valence-corrected chi connectivity index (χ0v) is 11.4. The van der Waals surface area contributed by atoms with Gasteiger partial charge in [0.2, 0.25) is 11.8 Å². The molecular weight excluding hydrogens is 218 g/mol. The first kappa shape index (κ1) is 15.9. The van der Waals surface area contributed by atoms with Crippen LogP contribution in [0.4, 0.5) is 0 Å². The molecule has 5 heteroatoms. The Morgan fingerprint density at radius 1 is 1.00 bits per heavy atom. The molecule has 17 heavy (non-hydrogen) atoms. The summed E-state index contributed by atoms with van der Waals surface area (Å²) in [4.78, 5) is 22.8. The molecule has 100 valence electrons. The molecule has 0 aliphatic carbocycles. The monoisotopic (exact) mass is 243 g/mol. The van der Waals surface area contributed by atoms with Crippen LogP contribution in [0.15, 0.2) is 0 Å². The molecule has 0 heterocycles. The molecule has 0 spiro atoms. The van der Waals surface area contributed by atoms with E-state index in [1.54, 1.807) is 0 Å². The molecule has 0 radical (unpaired) electrons. The number of amides is 2. The Morgan fingerprint density at radius 3 is 2.18 bits per heavy atom. The van der Waals surface area contributed by atoms with E-state index in [0.717, 1.165) is 13.0 Å². The third kappa shape index (κ3) is 11.2. The average Bonchev–Trinajstić information content (AvgIpc) is 2.19. The number of hydrogen-bond donors (Lipinski definition) is 3. The third-order valence-electron chi connectivity index (χ3n) is 2.06. The second-order valence-corrected chi connectivity index (χ2v) is 5.32. The van der Waals surface area contributed by atoms with E-state index < -0.39 is 0 Å². The molecule has 2 amide bonds. The Morgan fingerprint density at radius 2 is 1.65 bits per heavy atom. The number of carbonyl (C=O) groups excluding carboxylic acids is 2. The molecule has 0 atom stereocenters. The molecule has 0 bridgehead atoms. The zero-order chi connectivity index (χ0) is 13.3. The number of nitrogens with one attached hydrogen (secondary N) is 3. The van der Waals surface area contributed by atoms with Crippen molar-refractivity contribution in [1.82, 2.24) is 16.0 Å². The lowest BCUT2D eigenvalue weighted by molar-refractivity contribution is -0.127. The quantitative estimate of drug-likeness (QED) is 0.562. The minimum absolute atomic E-state index is 0.0483. The summed E-state index contributed by atoms with van der Waals surface area (Å²) >= 11 is 0. The van der Waals surface area contributed by atoms with Crippen molar-refractivity contribution in [3.05, 3.63) is 0 Å². The maximum absolute atomic E-state index is 11.4. The van der Waals surface area contributed by atoms with Crippen LogP contribution >= 0.6 is 0 Å². The van der Waals surface area contributed by atoms with Gasteiger partial charge in [-0.05, 0) is 25.4 Å². The van der Waals surface area contributed by atoms with Crippen LogP contribution in [0.1, 0.15) is 33.6 Å². The summed E-state index contributed by atoms with van der Waals surface area (Å²) in [5, 5.41) is 8.35. The maximum Gasteiger partial charge on any atom is 0.239 e. The van der Waals surface area contributed by atoms with Gasteiger partial charge in [-0.15, -0.1) is 0 Å². The minimum Gasteiger partial charge on any atom is -0.355 e. The SMILES string of the molecule is CNCCCNC(=O)CNC(=O)CC(C)(C)C. The Balaban J connectivity index is 3.59. The predicted molar refractivity (Wildman–Crippen MR) is 68.6 cm³/mol. The minimum atomic E-state index is -0.136. The van der Waals surface area contributed by atoms with Crippen molar-refractivity contribution in [1.29, 1.82) is 0 Å². The molecule has 0 unspecified atom stereocenters. The van der Waals surface area contributed by atoms with Crippen LogP contribution in [0, 0.1) is 5.41 Å². The molecule has 0 aliphatic heterocycles. The van der Waals surface area contributed by atoms with Crippen LogP contribution in [0.2, 0.25) is 0 Å². The summed E-state index contributed by atoms with van der Waals surface area (Å²) in [5.74, 6) is -0.216. The van der Waals surface area contributed by atoms with E-state index in [1.165, 1.54) is 0 Å². The van der Waals surface area contributed by atoms with E-state index in [4.69, 9.17) is 0 Å². The highest BCUT2D eigenvalue weighted by atomic mass is 16.2. The molecule has 0 aromatic carbocycles. The molecule has 3 N–H and O–H groups in total. The maximum atomic E-state index is 11.4. The number of rotatable bonds is 7. The van der Waals surface area contributed by atoms with E-state index in [2.05, 4.69) is 16.0 Å². The Hall–Kier alpha value is -1.10. The van der Waals surface area contributed by atoms with Crippen LogP contribution in [0.5, 0.6) is 0 Å². The fourth-order valence-corrected chi connectivity index (χ4v) is 1.28. The lowest BCUT2D eigenvalue weighted by Gasteiger charge is -2.17. The van der Waals surface area contributed by atoms with Crippen molar-refractivity contribution in [2.75, 3.05) is 26.7 Å². The van der Waals surface area contributed by atoms with Gasteiger partial charge < -0.3 is 16.0 Å². The van der Waals surface area contributed by atoms with Crippen LogP contribution in [0.3, 0.4) is 0 Å². The topological polar surface area (TPSA) is 70.2 Å². The summed E-state index contributed by atoms with van der Waals surface area (Å²) in [6.07, 6.45) is 1.32. The Bertz CT molecular complexity index is 247. The fraction of sp³-hybridized carbons (Fsp3) is 0.833. The van der Waals surface area contributed by atoms with Gasteiger partial charge in [0.25, 0.3) is 0 Å². The van der Waals surface area contributed by atoms with Gasteiger partial charge in [0.05, 0.1) is 6.54 Å². The van der Waals surface area contributed by atoms with E-state index >= 15 is 0 Å². The van der Waals surface area contributed by atoms with Gasteiger partial charge >= 0.3 is 0 Å². The van der Waals surface area contributed by atoms with Gasteiger partial charge in [0.15, 0.2) is 0 Å². The molecule has 0 aliphatic rings. The lowest BCUT2D eigenvalue weighted by atomic mass is 9.92. The average molecular weight is 243 g/mol. The van der Waals surface area contributed by atoms with Gasteiger partial charge in [0, 0.05) is 13.0 Å². The lowest BCUT2D eigenvalue weighted by Crippen LogP contribution is -2.38. The molecule has 0 saturated heterocycles. The second kappa shape index (κ2) is 8.06. The van der Waals surface area contributed by atoms with Gasteiger partial charge in [-0.1, -0.05) is 20.8 Å². The summed E-state index contributed by atoms with van der Waals surface area (Å²) in [7, 11) is 1.87.